The smallest absolute Gasteiger partial charge is 0.241 e. The van der Waals surface area contributed by atoms with Crippen molar-refractivity contribution >= 4 is 24.4 Å². The number of carbonyl (C=O) groups excluding carboxylic acids is 1. The summed E-state index contributed by atoms with van der Waals surface area (Å²) in [5, 5.41) is -0.575. The Hall–Kier alpha value is -0.790. The van der Waals surface area contributed by atoms with E-state index >= 15 is 0 Å². The number of ether oxygens (including phenoxy) is 1. The minimum absolute atomic E-state index is 0.391. The van der Waals surface area contributed by atoms with Gasteiger partial charge in [0.15, 0.2) is 5.90 Å². The molecule has 0 heterocycles. The first-order chi connectivity index (χ1) is 6.93. The van der Waals surface area contributed by atoms with Crippen LogP contribution in [0.25, 0.3) is 0 Å². The fraction of sp³-hybridized carbons (Fsp3) is 0.750. The number of aliphatic imine (C=N–C) groups is 1. The van der Waals surface area contributed by atoms with E-state index in [-0.39, 0.29) is 0 Å². The van der Waals surface area contributed by atoms with Gasteiger partial charge in [-0.3, -0.25) is 10.2 Å². The second kappa shape index (κ2) is 6.65. The van der Waals surface area contributed by atoms with Crippen LogP contribution in [-0.4, -0.2) is 30.3 Å². The minimum Gasteiger partial charge on any atom is -0.484 e. The first-order valence-electron chi connectivity index (χ1n) is 4.46. The number of nitrogens with zero attached hydrogens (tertiary/aromatic N) is 1. The zero-order valence-corrected chi connectivity index (χ0v) is 9.99. The highest BCUT2D eigenvalue weighted by atomic mass is 32.1. The monoisotopic (exact) mass is 234 g/mol. The van der Waals surface area contributed by atoms with Gasteiger partial charge in [-0.05, 0) is 6.92 Å². The van der Waals surface area contributed by atoms with Gasteiger partial charge in [0.2, 0.25) is 5.91 Å². The summed E-state index contributed by atoms with van der Waals surface area (Å²) in [4.78, 5) is 15.4. The van der Waals surface area contributed by atoms with E-state index in [9.17, 15) is 4.79 Å². The van der Waals surface area contributed by atoms with Gasteiger partial charge in [-0.2, -0.15) is 12.6 Å². The summed E-state index contributed by atoms with van der Waals surface area (Å²) in [5.74, 6) is 4.49. The number of amides is 1. The fourth-order valence-electron chi connectivity index (χ4n) is 1.06. The van der Waals surface area contributed by atoms with Crippen LogP contribution < -0.4 is 17.0 Å². The lowest BCUT2D eigenvalue weighted by molar-refractivity contribution is -0.125. The third kappa shape index (κ3) is 4.50. The van der Waals surface area contributed by atoms with E-state index in [1.54, 1.807) is 13.8 Å². The molecule has 0 radical (unpaired) electrons. The van der Waals surface area contributed by atoms with E-state index in [4.69, 9.17) is 16.3 Å². The molecule has 3 unspecified atom stereocenters. The first-order valence-corrected chi connectivity index (χ1v) is 4.98. The summed E-state index contributed by atoms with van der Waals surface area (Å²) < 4.78 is 4.86. The molecule has 1 amide bonds. The maximum absolute atomic E-state index is 11.4. The largest absolute Gasteiger partial charge is 0.484 e. The standard InChI is InChI=1S/C8H18N4O2S/c1-4(9)6(7(13)12-10)8(15)11-5(2)14-3/h4,6,8,15H,9-10H2,1-3H3,(H,12,13)/b11-5+. The highest BCUT2D eigenvalue weighted by molar-refractivity contribution is 7.81. The van der Waals surface area contributed by atoms with Gasteiger partial charge in [0.1, 0.15) is 5.37 Å². The molecule has 15 heavy (non-hydrogen) atoms. The number of hydrogen-bond acceptors (Lipinski definition) is 6. The summed E-state index contributed by atoms with van der Waals surface area (Å²) in [5.41, 5.74) is 7.70. The Morgan fingerprint density at radius 1 is 1.60 bits per heavy atom. The van der Waals surface area contributed by atoms with Crippen LogP contribution in [-0.2, 0) is 9.53 Å². The van der Waals surface area contributed by atoms with E-state index in [0.29, 0.717) is 5.90 Å². The van der Waals surface area contributed by atoms with Crippen LogP contribution >= 0.6 is 12.6 Å². The van der Waals surface area contributed by atoms with Crippen LogP contribution in [0.3, 0.4) is 0 Å². The van der Waals surface area contributed by atoms with Gasteiger partial charge < -0.3 is 10.5 Å². The van der Waals surface area contributed by atoms with E-state index in [0.717, 1.165) is 0 Å². The van der Waals surface area contributed by atoms with Gasteiger partial charge >= 0.3 is 0 Å². The predicted molar refractivity (Wildman–Crippen MR) is 62.4 cm³/mol. The molecule has 0 saturated heterocycles. The maximum atomic E-state index is 11.4. The Labute approximate surface area is 94.8 Å². The van der Waals surface area contributed by atoms with Gasteiger partial charge in [-0.1, -0.05) is 0 Å². The normalized spacial score (nSPS) is 17.9. The van der Waals surface area contributed by atoms with E-state index < -0.39 is 23.2 Å². The van der Waals surface area contributed by atoms with Gasteiger partial charge in [0.25, 0.3) is 0 Å². The van der Waals surface area contributed by atoms with Gasteiger partial charge in [-0.15, -0.1) is 0 Å². The van der Waals surface area contributed by atoms with Crippen molar-refractivity contribution in [2.45, 2.75) is 25.3 Å². The molecule has 0 aromatic carbocycles. The number of thiol groups is 1. The number of hydrazine groups is 1. The average Bonchev–Trinajstić information content (AvgIpc) is 2.16. The third-order valence-electron chi connectivity index (χ3n) is 1.94. The Bertz CT molecular complexity index is 245. The van der Waals surface area contributed by atoms with Gasteiger partial charge in [-0.25, -0.2) is 10.8 Å². The molecule has 5 N–H and O–H groups in total. The van der Waals surface area contributed by atoms with Gasteiger partial charge in [0, 0.05) is 13.0 Å². The molecule has 6 nitrogen and oxygen atoms in total. The van der Waals surface area contributed by atoms with Crippen LogP contribution in [0.2, 0.25) is 0 Å². The molecule has 0 fully saturated rings. The van der Waals surface area contributed by atoms with Crippen LogP contribution in [0.1, 0.15) is 13.8 Å². The molecule has 88 valence electrons. The molecule has 0 saturated carbocycles. The van der Waals surface area contributed by atoms with E-state index in [1.165, 1.54) is 7.11 Å². The molecule has 0 aliphatic carbocycles. The molecule has 0 aliphatic rings. The topological polar surface area (TPSA) is 103 Å². The molecule has 0 aromatic heterocycles. The number of hydrogen-bond donors (Lipinski definition) is 4. The highest BCUT2D eigenvalue weighted by Gasteiger charge is 2.28. The summed E-state index contributed by atoms with van der Waals surface area (Å²) >= 11 is 4.19. The highest BCUT2D eigenvalue weighted by Crippen LogP contribution is 2.15. The molecule has 0 aromatic rings. The molecular weight excluding hydrogens is 216 g/mol. The SMILES string of the molecule is CO/C(C)=N/C(S)C(C(=O)NN)C(C)N. The Morgan fingerprint density at radius 3 is 2.47 bits per heavy atom. The molecule has 0 aliphatic heterocycles. The van der Waals surface area contributed by atoms with Gasteiger partial charge in [0.05, 0.1) is 13.0 Å². The minimum atomic E-state index is -0.594. The molecule has 3 atom stereocenters. The summed E-state index contributed by atoms with van der Waals surface area (Å²) in [6, 6.07) is -0.399. The van der Waals surface area contributed by atoms with Crippen LogP contribution in [0.5, 0.6) is 0 Å². The van der Waals surface area contributed by atoms with Crippen molar-refractivity contribution in [2.24, 2.45) is 22.5 Å². The number of carbonyl (C=O) groups is 1. The zero-order valence-electron chi connectivity index (χ0n) is 9.10. The molecule has 0 bridgehead atoms. The van der Waals surface area contributed by atoms with Crippen LogP contribution in [0.4, 0.5) is 0 Å². The summed E-state index contributed by atoms with van der Waals surface area (Å²) in [6.45, 7) is 3.36. The van der Waals surface area contributed by atoms with Crippen molar-refractivity contribution in [3.63, 3.8) is 0 Å². The number of rotatable bonds is 4. The number of nitrogens with one attached hydrogen (secondary N) is 1. The lowest BCUT2D eigenvalue weighted by Crippen LogP contribution is -2.47. The third-order valence-corrected chi connectivity index (χ3v) is 2.38. The van der Waals surface area contributed by atoms with E-state index in [1.807, 2.05) is 5.43 Å². The van der Waals surface area contributed by atoms with Crippen LogP contribution in [0.15, 0.2) is 4.99 Å². The second-order valence-corrected chi connectivity index (χ2v) is 3.69. The van der Waals surface area contributed by atoms with Crippen molar-refractivity contribution in [3.05, 3.63) is 0 Å². The van der Waals surface area contributed by atoms with Crippen molar-refractivity contribution < 1.29 is 9.53 Å². The van der Waals surface area contributed by atoms with Crippen molar-refractivity contribution in [1.29, 1.82) is 0 Å². The molecule has 0 rings (SSSR count). The first kappa shape index (κ1) is 14.2. The maximum Gasteiger partial charge on any atom is 0.241 e. The Balaban J connectivity index is 4.71. The predicted octanol–water partition coefficient (Wildman–Crippen LogP) is -0.740. The van der Waals surface area contributed by atoms with Crippen molar-refractivity contribution in [2.75, 3.05) is 7.11 Å². The van der Waals surface area contributed by atoms with Crippen molar-refractivity contribution in [1.82, 2.24) is 5.43 Å². The second-order valence-electron chi connectivity index (χ2n) is 3.16. The Morgan fingerprint density at radius 2 is 2.13 bits per heavy atom. The lowest BCUT2D eigenvalue weighted by atomic mass is 10.0. The Kier molecular flexibility index (Phi) is 6.30. The zero-order chi connectivity index (χ0) is 12.0. The summed E-state index contributed by atoms with van der Waals surface area (Å²) in [6.07, 6.45) is 0. The van der Waals surface area contributed by atoms with E-state index in [2.05, 4.69) is 17.6 Å². The summed E-state index contributed by atoms with van der Waals surface area (Å²) in [7, 11) is 1.49. The lowest BCUT2D eigenvalue weighted by Gasteiger charge is -2.22. The average molecular weight is 234 g/mol. The van der Waals surface area contributed by atoms with Crippen LogP contribution in [0, 0.1) is 5.92 Å². The quantitative estimate of drug-likeness (QED) is 0.128. The number of methoxy groups -OCH3 is 1. The number of nitrogens with two attached hydrogens (primary N) is 2. The molecule has 0 spiro atoms. The fourth-order valence-corrected chi connectivity index (χ4v) is 1.63. The molecule has 7 heteroatoms. The van der Waals surface area contributed by atoms with Crippen molar-refractivity contribution in [3.8, 4) is 0 Å². The molecular formula is C8H18N4O2S.